The molecule has 0 spiro atoms. The molecule has 4 nitrogen and oxygen atoms in total. The van der Waals surface area contributed by atoms with Crippen molar-refractivity contribution in [3.63, 3.8) is 0 Å². The van der Waals surface area contributed by atoms with Crippen molar-refractivity contribution in [2.75, 3.05) is 6.54 Å². The van der Waals surface area contributed by atoms with Crippen LogP contribution in [0.2, 0.25) is 0 Å². The zero-order valence-electron chi connectivity index (χ0n) is 18.3. The largest absolute Gasteiger partial charge is 0.496 e. The summed E-state index contributed by atoms with van der Waals surface area (Å²) in [5, 5.41) is 2.89. The molecule has 1 saturated heterocycles. The Bertz CT molecular complexity index is 969. The lowest BCUT2D eigenvalue weighted by atomic mass is 9.71. The molecule has 3 rings (SSSR count). The van der Waals surface area contributed by atoms with Crippen LogP contribution in [0.5, 0.6) is 0 Å². The van der Waals surface area contributed by atoms with E-state index in [-0.39, 0.29) is 5.91 Å². The quantitative estimate of drug-likeness (QED) is 0.473. The minimum atomic E-state index is -0.708. The van der Waals surface area contributed by atoms with Crippen LogP contribution in [0.4, 0.5) is 0 Å². The Balaban J connectivity index is 2.19. The molecule has 0 bridgehead atoms. The van der Waals surface area contributed by atoms with Crippen LogP contribution in [0.3, 0.4) is 0 Å². The second kappa shape index (κ2) is 8.91. The first-order chi connectivity index (χ1) is 14.2. The van der Waals surface area contributed by atoms with Gasteiger partial charge < -0.3 is 14.6 Å². The third kappa shape index (κ3) is 4.67. The number of nitrogens with one attached hydrogen (secondary N) is 1. The molecule has 0 atom stereocenters. The summed E-state index contributed by atoms with van der Waals surface area (Å²) in [5.74, 6) is 5.99. The van der Waals surface area contributed by atoms with Crippen molar-refractivity contribution in [3.05, 3.63) is 77.4 Å². The fraction of sp³-hybridized carbons (Fsp3) is 0.320. The molecule has 1 N–H and O–H groups in total. The van der Waals surface area contributed by atoms with Crippen LogP contribution in [0.25, 0.3) is 5.47 Å². The van der Waals surface area contributed by atoms with Crippen LogP contribution in [0, 0.1) is 11.8 Å². The van der Waals surface area contributed by atoms with Gasteiger partial charge in [-0.05, 0) is 52.3 Å². The summed E-state index contributed by atoms with van der Waals surface area (Å²) in [6.07, 6.45) is 0. The SMILES string of the molecule is CCNC(=O)/C(C#Cc1ccccc1)=C(\B1OC(C)(C)C(C)(C)O1)c1ccccc1. The van der Waals surface area contributed by atoms with Crippen molar-refractivity contribution in [3.8, 4) is 11.8 Å². The van der Waals surface area contributed by atoms with E-state index in [2.05, 4.69) is 17.2 Å². The minimum Gasteiger partial charge on any atom is -0.399 e. The van der Waals surface area contributed by atoms with E-state index in [1.807, 2.05) is 95.3 Å². The first-order valence-corrected chi connectivity index (χ1v) is 10.3. The number of hydrogen-bond acceptors (Lipinski definition) is 3. The van der Waals surface area contributed by atoms with E-state index in [9.17, 15) is 4.79 Å². The lowest BCUT2D eigenvalue weighted by Gasteiger charge is -2.32. The molecule has 1 aliphatic heterocycles. The van der Waals surface area contributed by atoms with Crippen molar-refractivity contribution in [1.29, 1.82) is 0 Å². The summed E-state index contributed by atoms with van der Waals surface area (Å²) in [5.41, 5.74) is 1.61. The summed E-state index contributed by atoms with van der Waals surface area (Å²) < 4.78 is 12.6. The Morgan fingerprint density at radius 3 is 2.00 bits per heavy atom. The molecule has 5 heteroatoms. The highest BCUT2D eigenvalue weighted by molar-refractivity contribution is 6.70. The Labute approximate surface area is 179 Å². The molecule has 0 saturated carbocycles. The van der Waals surface area contributed by atoms with E-state index in [0.29, 0.717) is 17.6 Å². The van der Waals surface area contributed by atoms with E-state index in [1.165, 1.54) is 0 Å². The summed E-state index contributed by atoms with van der Waals surface area (Å²) >= 11 is 0. The average molecular weight is 401 g/mol. The van der Waals surface area contributed by atoms with Crippen LogP contribution < -0.4 is 5.32 Å². The van der Waals surface area contributed by atoms with Crippen LogP contribution in [0.1, 0.15) is 45.7 Å². The van der Waals surface area contributed by atoms with Crippen molar-refractivity contribution in [2.24, 2.45) is 0 Å². The summed E-state index contributed by atoms with van der Waals surface area (Å²) in [6.45, 7) is 10.4. The zero-order valence-corrected chi connectivity index (χ0v) is 18.3. The van der Waals surface area contributed by atoms with Crippen molar-refractivity contribution in [2.45, 2.75) is 45.8 Å². The molecule has 1 heterocycles. The minimum absolute atomic E-state index is 0.241. The number of hydrogen-bond donors (Lipinski definition) is 1. The van der Waals surface area contributed by atoms with Gasteiger partial charge in [-0.3, -0.25) is 4.79 Å². The maximum atomic E-state index is 13.1. The Morgan fingerprint density at radius 2 is 1.47 bits per heavy atom. The predicted octanol–water partition coefficient (Wildman–Crippen LogP) is 4.26. The highest BCUT2D eigenvalue weighted by atomic mass is 16.7. The molecule has 2 aromatic rings. The Morgan fingerprint density at radius 1 is 0.933 bits per heavy atom. The van der Waals surface area contributed by atoms with Gasteiger partial charge in [0.15, 0.2) is 0 Å². The highest BCUT2D eigenvalue weighted by Gasteiger charge is 2.53. The van der Waals surface area contributed by atoms with Crippen molar-refractivity contribution >= 4 is 18.5 Å². The van der Waals surface area contributed by atoms with Gasteiger partial charge in [-0.15, -0.1) is 0 Å². The van der Waals surface area contributed by atoms with Gasteiger partial charge in [-0.2, -0.15) is 0 Å². The van der Waals surface area contributed by atoms with Crippen molar-refractivity contribution < 1.29 is 14.1 Å². The molecule has 154 valence electrons. The van der Waals surface area contributed by atoms with E-state index in [1.54, 1.807) is 0 Å². The van der Waals surface area contributed by atoms with E-state index < -0.39 is 18.3 Å². The smallest absolute Gasteiger partial charge is 0.399 e. The van der Waals surface area contributed by atoms with Gasteiger partial charge >= 0.3 is 7.12 Å². The van der Waals surface area contributed by atoms with Gasteiger partial charge in [0.25, 0.3) is 5.91 Å². The van der Waals surface area contributed by atoms with Crippen LogP contribution in [0.15, 0.2) is 66.2 Å². The lowest BCUT2D eigenvalue weighted by molar-refractivity contribution is -0.116. The van der Waals surface area contributed by atoms with Crippen LogP contribution >= 0.6 is 0 Å². The van der Waals surface area contributed by atoms with Gasteiger partial charge in [0.1, 0.15) is 0 Å². The van der Waals surface area contributed by atoms with E-state index in [4.69, 9.17) is 9.31 Å². The fourth-order valence-electron chi connectivity index (χ4n) is 3.13. The first-order valence-electron chi connectivity index (χ1n) is 10.3. The van der Waals surface area contributed by atoms with Gasteiger partial charge in [0.05, 0.1) is 16.8 Å². The van der Waals surface area contributed by atoms with Crippen molar-refractivity contribution in [1.82, 2.24) is 5.32 Å². The second-order valence-electron chi connectivity index (χ2n) is 8.22. The molecular weight excluding hydrogens is 373 g/mol. The van der Waals surface area contributed by atoms with Gasteiger partial charge in [0.2, 0.25) is 0 Å². The highest BCUT2D eigenvalue weighted by Crippen LogP contribution is 2.41. The van der Waals surface area contributed by atoms with Gasteiger partial charge in [-0.1, -0.05) is 60.4 Å². The molecular formula is C25H28BNO3. The second-order valence-corrected chi connectivity index (χ2v) is 8.22. The normalized spacial score (nSPS) is 17.6. The van der Waals surface area contributed by atoms with Gasteiger partial charge in [0, 0.05) is 17.6 Å². The molecule has 0 aromatic heterocycles. The van der Waals surface area contributed by atoms with E-state index >= 15 is 0 Å². The molecule has 1 fully saturated rings. The number of carbonyl (C=O) groups is 1. The monoisotopic (exact) mass is 401 g/mol. The fourth-order valence-corrected chi connectivity index (χ4v) is 3.13. The third-order valence-corrected chi connectivity index (χ3v) is 5.51. The summed E-state index contributed by atoms with van der Waals surface area (Å²) in [6, 6.07) is 19.3. The summed E-state index contributed by atoms with van der Waals surface area (Å²) in [7, 11) is -0.708. The maximum absolute atomic E-state index is 13.1. The van der Waals surface area contributed by atoms with Gasteiger partial charge in [-0.25, -0.2) is 0 Å². The Kier molecular flexibility index (Phi) is 6.50. The number of carbonyl (C=O) groups excluding carboxylic acids is 1. The Hall–Kier alpha value is -2.81. The number of benzene rings is 2. The number of rotatable bonds is 4. The lowest BCUT2D eigenvalue weighted by Crippen LogP contribution is -2.41. The number of amides is 1. The standard InChI is InChI=1S/C25H28BNO3/c1-6-27-23(28)21(18-17-19-13-9-7-10-14-19)22(20-15-11-8-12-16-20)26-29-24(2,3)25(4,5)30-26/h7-16H,6H2,1-5H3,(H,27,28)/b22-21-. The van der Waals surface area contributed by atoms with Crippen LogP contribution in [-0.2, 0) is 14.1 Å². The number of likely N-dealkylation sites (N-methyl/N-ethyl adjacent to an activating group) is 1. The topological polar surface area (TPSA) is 47.6 Å². The molecule has 1 amide bonds. The zero-order chi connectivity index (χ0) is 21.8. The molecule has 1 aliphatic rings. The van der Waals surface area contributed by atoms with E-state index in [0.717, 1.165) is 11.1 Å². The molecule has 0 aliphatic carbocycles. The average Bonchev–Trinajstić information content (AvgIpc) is 2.93. The predicted molar refractivity (Wildman–Crippen MR) is 121 cm³/mol. The molecule has 0 radical (unpaired) electrons. The first kappa shape index (κ1) is 21.9. The third-order valence-electron chi connectivity index (χ3n) is 5.51. The van der Waals surface area contributed by atoms with Crippen LogP contribution in [-0.4, -0.2) is 30.8 Å². The molecule has 2 aromatic carbocycles. The molecule has 0 unspecified atom stereocenters. The maximum Gasteiger partial charge on any atom is 0.496 e. The summed E-state index contributed by atoms with van der Waals surface area (Å²) in [4.78, 5) is 13.1. The molecule has 30 heavy (non-hydrogen) atoms.